The summed E-state index contributed by atoms with van der Waals surface area (Å²) in [6.07, 6.45) is 5.12. The number of anilines is 1. The Morgan fingerprint density at radius 2 is 1.81 bits per heavy atom. The zero-order valence-corrected chi connectivity index (χ0v) is 19.1. The molecule has 4 unspecified atom stereocenters. The number of carbonyl (C=O) groups is 1. The number of nitrogens with one attached hydrogen (secondary N) is 1. The molecule has 2 aromatic carbocycles. The molecule has 2 aliphatic carbocycles. The van der Waals surface area contributed by atoms with E-state index in [2.05, 4.69) is 12.2 Å². The van der Waals surface area contributed by atoms with Gasteiger partial charge in [0, 0.05) is 18.7 Å². The van der Waals surface area contributed by atoms with Gasteiger partial charge in [0.1, 0.15) is 5.75 Å². The van der Waals surface area contributed by atoms with E-state index in [0.717, 1.165) is 11.8 Å². The van der Waals surface area contributed by atoms with Gasteiger partial charge in [0.25, 0.3) is 15.9 Å². The number of para-hydroxylation sites is 2. The highest BCUT2D eigenvalue weighted by Crippen LogP contribution is 2.49. The number of methoxy groups -OCH3 is 1. The van der Waals surface area contributed by atoms with Gasteiger partial charge in [-0.05, 0) is 80.3 Å². The molecule has 0 spiro atoms. The Morgan fingerprint density at radius 1 is 1.10 bits per heavy atom. The van der Waals surface area contributed by atoms with Crippen LogP contribution in [0.15, 0.2) is 53.4 Å². The van der Waals surface area contributed by atoms with E-state index in [4.69, 9.17) is 4.74 Å². The Morgan fingerprint density at radius 3 is 2.42 bits per heavy atom. The van der Waals surface area contributed by atoms with E-state index in [0.29, 0.717) is 22.9 Å². The van der Waals surface area contributed by atoms with Crippen LogP contribution in [0.3, 0.4) is 0 Å². The van der Waals surface area contributed by atoms with E-state index < -0.39 is 10.0 Å². The van der Waals surface area contributed by atoms with Crippen molar-refractivity contribution < 1.29 is 17.9 Å². The fourth-order valence-corrected chi connectivity index (χ4v) is 6.47. The number of carbonyl (C=O) groups excluding carboxylic acids is 1. The zero-order valence-electron chi connectivity index (χ0n) is 18.2. The van der Waals surface area contributed by atoms with Crippen molar-refractivity contribution in [3.8, 4) is 5.75 Å². The number of sulfonamides is 1. The van der Waals surface area contributed by atoms with Crippen LogP contribution in [-0.2, 0) is 10.0 Å². The number of nitrogens with zero attached hydrogens (tertiary/aromatic N) is 1. The summed E-state index contributed by atoms with van der Waals surface area (Å²) in [7, 11) is -0.792. The van der Waals surface area contributed by atoms with Crippen LogP contribution >= 0.6 is 0 Å². The number of benzene rings is 2. The summed E-state index contributed by atoms with van der Waals surface area (Å²) in [4.78, 5) is 12.9. The van der Waals surface area contributed by atoms with Gasteiger partial charge >= 0.3 is 0 Å². The summed E-state index contributed by atoms with van der Waals surface area (Å²) in [5, 5.41) is 3.13. The van der Waals surface area contributed by atoms with Gasteiger partial charge in [-0.15, -0.1) is 0 Å². The molecule has 0 saturated heterocycles. The summed E-state index contributed by atoms with van der Waals surface area (Å²) in [6.45, 7) is 2.09. The lowest BCUT2D eigenvalue weighted by Crippen LogP contribution is -2.40. The van der Waals surface area contributed by atoms with Crippen LogP contribution in [0.1, 0.15) is 43.0 Å². The average molecular weight is 443 g/mol. The Balaban J connectivity index is 1.46. The first-order chi connectivity index (χ1) is 14.8. The van der Waals surface area contributed by atoms with E-state index in [1.807, 2.05) is 0 Å². The van der Waals surface area contributed by atoms with E-state index in [9.17, 15) is 13.2 Å². The predicted molar refractivity (Wildman–Crippen MR) is 121 cm³/mol. The average Bonchev–Trinajstić information content (AvgIpc) is 3.42. The maximum Gasteiger partial charge on any atom is 0.264 e. The highest BCUT2D eigenvalue weighted by Gasteiger charge is 2.42. The summed E-state index contributed by atoms with van der Waals surface area (Å²) in [5.41, 5.74) is 0.917. The number of hydrogen-bond acceptors (Lipinski definition) is 4. The van der Waals surface area contributed by atoms with Crippen LogP contribution in [0.2, 0.25) is 0 Å². The van der Waals surface area contributed by atoms with E-state index >= 15 is 0 Å². The van der Waals surface area contributed by atoms with E-state index in [-0.39, 0.29) is 16.8 Å². The molecule has 166 valence electrons. The van der Waals surface area contributed by atoms with Crippen LogP contribution < -0.4 is 14.4 Å². The molecular formula is C24H30N2O4S. The lowest BCUT2D eigenvalue weighted by Gasteiger charge is -2.28. The SMILES string of the molecule is COc1ccccc1N(C)S(=O)(=O)c1ccc(C(=O)NC(C)C2CC3CCC2C3)cc1. The summed E-state index contributed by atoms with van der Waals surface area (Å²) >= 11 is 0. The minimum absolute atomic E-state index is 0.124. The number of hydrogen-bond donors (Lipinski definition) is 1. The molecule has 1 amide bonds. The minimum Gasteiger partial charge on any atom is -0.495 e. The summed E-state index contributed by atoms with van der Waals surface area (Å²) in [6, 6.07) is 13.2. The van der Waals surface area contributed by atoms with Crippen LogP contribution in [-0.4, -0.2) is 34.5 Å². The third-order valence-electron chi connectivity index (χ3n) is 6.99. The number of rotatable bonds is 7. The van der Waals surface area contributed by atoms with Crippen molar-refractivity contribution in [3.05, 3.63) is 54.1 Å². The molecule has 31 heavy (non-hydrogen) atoms. The van der Waals surface area contributed by atoms with E-state index in [1.54, 1.807) is 36.4 Å². The monoisotopic (exact) mass is 442 g/mol. The molecule has 4 atom stereocenters. The van der Waals surface area contributed by atoms with Gasteiger partial charge in [-0.3, -0.25) is 9.10 Å². The second kappa shape index (κ2) is 8.54. The largest absolute Gasteiger partial charge is 0.495 e. The Bertz CT molecular complexity index is 1050. The van der Waals surface area contributed by atoms with Crippen LogP contribution in [0.5, 0.6) is 5.75 Å². The molecule has 0 aromatic heterocycles. The van der Waals surface area contributed by atoms with Crippen LogP contribution in [0.25, 0.3) is 0 Å². The minimum atomic E-state index is -3.79. The molecule has 6 nitrogen and oxygen atoms in total. The normalized spacial score (nSPS) is 23.4. The van der Waals surface area contributed by atoms with Crippen LogP contribution in [0.4, 0.5) is 5.69 Å². The standard InChI is InChI=1S/C24H30N2O4S/c1-16(21-15-17-8-9-19(21)14-17)25-24(27)18-10-12-20(13-11-18)31(28,29)26(2)22-6-4-5-7-23(22)30-3/h4-7,10-13,16-17,19,21H,8-9,14-15H2,1-3H3,(H,25,27). The Labute approximate surface area is 184 Å². The van der Waals surface area contributed by atoms with Gasteiger partial charge in [0.15, 0.2) is 0 Å². The molecule has 7 heteroatoms. The van der Waals surface area contributed by atoms with Crippen LogP contribution in [0, 0.1) is 17.8 Å². The van der Waals surface area contributed by atoms with Crippen molar-refractivity contribution in [3.63, 3.8) is 0 Å². The predicted octanol–water partition coefficient (Wildman–Crippen LogP) is 4.07. The molecule has 1 N–H and O–H groups in total. The van der Waals surface area contributed by atoms with Crippen molar-refractivity contribution in [2.24, 2.45) is 17.8 Å². The first-order valence-electron chi connectivity index (χ1n) is 10.8. The molecule has 2 bridgehead atoms. The molecule has 2 fully saturated rings. The molecule has 0 heterocycles. The molecule has 0 radical (unpaired) electrons. The molecule has 2 aliphatic rings. The number of amides is 1. The smallest absolute Gasteiger partial charge is 0.264 e. The van der Waals surface area contributed by atoms with Gasteiger partial charge in [-0.25, -0.2) is 8.42 Å². The first kappa shape index (κ1) is 21.7. The molecule has 2 aromatic rings. The topological polar surface area (TPSA) is 75.7 Å². The fraction of sp³-hybridized carbons (Fsp3) is 0.458. The van der Waals surface area contributed by atoms with Gasteiger partial charge < -0.3 is 10.1 Å². The Kier molecular flexibility index (Phi) is 5.97. The lowest BCUT2D eigenvalue weighted by molar-refractivity contribution is 0.0915. The lowest BCUT2D eigenvalue weighted by atomic mass is 9.84. The van der Waals surface area contributed by atoms with Crippen molar-refractivity contribution in [1.29, 1.82) is 0 Å². The van der Waals surface area contributed by atoms with Crippen molar-refractivity contribution in [2.45, 2.75) is 43.5 Å². The van der Waals surface area contributed by atoms with Gasteiger partial charge in [-0.2, -0.15) is 0 Å². The summed E-state index contributed by atoms with van der Waals surface area (Å²) in [5.74, 6) is 2.44. The fourth-order valence-electron chi connectivity index (χ4n) is 5.26. The maximum atomic E-state index is 13.1. The molecule has 4 rings (SSSR count). The van der Waals surface area contributed by atoms with Gasteiger partial charge in [0.05, 0.1) is 17.7 Å². The van der Waals surface area contributed by atoms with Gasteiger partial charge in [-0.1, -0.05) is 18.6 Å². The van der Waals surface area contributed by atoms with Crippen molar-refractivity contribution in [2.75, 3.05) is 18.5 Å². The van der Waals surface area contributed by atoms with Crippen molar-refractivity contribution in [1.82, 2.24) is 5.32 Å². The highest BCUT2D eigenvalue weighted by molar-refractivity contribution is 7.92. The number of fused-ring (bicyclic) bond motifs is 2. The van der Waals surface area contributed by atoms with Gasteiger partial charge in [0.2, 0.25) is 0 Å². The zero-order chi connectivity index (χ0) is 22.2. The molecular weight excluding hydrogens is 412 g/mol. The maximum absolute atomic E-state index is 13.1. The summed E-state index contributed by atoms with van der Waals surface area (Å²) < 4.78 is 32.6. The molecule has 0 aliphatic heterocycles. The Hall–Kier alpha value is -2.54. The second-order valence-corrected chi connectivity index (χ2v) is 10.7. The van der Waals surface area contributed by atoms with E-state index in [1.165, 1.54) is 56.3 Å². The number of ether oxygens (including phenoxy) is 1. The third-order valence-corrected chi connectivity index (χ3v) is 8.78. The quantitative estimate of drug-likeness (QED) is 0.701. The van der Waals surface area contributed by atoms with Crippen molar-refractivity contribution >= 4 is 21.6 Å². The first-order valence-corrected chi connectivity index (χ1v) is 12.3. The second-order valence-electron chi connectivity index (χ2n) is 8.77. The molecule has 2 saturated carbocycles. The highest BCUT2D eigenvalue weighted by atomic mass is 32.2. The third kappa shape index (κ3) is 4.15.